The Bertz CT molecular complexity index is 180. The monoisotopic (exact) mass is 246 g/mol. The maximum atomic E-state index is 5.64. The lowest BCUT2D eigenvalue weighted by Crippen LogP contribution is -2.50. The van der Waals surface area contributed by atoms with Crippen LogP contribution in [0.25, 0.3) is 0 Å². The van der Waals surface area contributed by atoms with Crippen LogP contribution < -0.4 is 0 Å². The van der Waals surface area contributed by atoms with E-state index in [4.69, 9.17) is 13.3 Å². The van der Waals surface area contributed by atoms with Crippen LogP contribution >= 0.6 is 0 Å². The maximum absolute atomic E-state index is 5.64. The van der Waals surface area contributed by atoms with Crippen LogP contribution in [0.4, 0.5) is 0 Å². The quantitative estimate of drug-likeness (QED) is 0.673. The minimum atomic E-state index is -2.43. The third-order valence-electron chi connectivity index (χ3n) is 3.97. The predicted octanol–water partition coefficient (Wildman–Crippen LogP) is 3.23. The molecule has 96 valence electrons. The van der Waals surface area contributed by atoms with Crippen LogP contribution in [0.2, 0.25) is 5.54 Å². The summed E-state index contributed by atoms with van der Waals surface area (Å²) in [5.74, 6) is 0.727. The van der Waals surface area contributed by atoms with Gasteiger partial charge in [-0.1, -0.05) is 39.0 Å². The highest BCUT2D eigenvalue weighted by atomic mass is 28.4. The lowest BCUT2D eigenvalue weighted by Gasteiger charge is -2.38. The fourth-order valence-electron chi connectivity index (χ4n) is 3.11. The highest BCUT2D eigenvalue weighted by molar-refractivity contribution is 6.62. The summed E-state index contributed by atoms with van der Waals surface area (Å²) in [7, 11) is 2.75. The van der Waals surface area contributed by atoms with E-state index in [9.17, 15) is 0 Å². The fourth-order valence-corrected chi connectivity index (χ4v) is 5.93. The molecule has 1 unspecified atom stereocenters. The first-order valence-electron chi connectivity index (χ1n) is 6.39. The molecule has 0 heterocycles. The van der Waals surface area contributed by atoms with Gasteiger partial charge < -0.3 is 13.3 Å². The van der Waals surface area contributed by atoms with Gasteiger partial charge in [-0.15, -0.1) is 0 Å². The molecule has 1 atom stereocenters. The van der Waals surface area contributed by atoms with Gasteiger partial charge in [-0.2, -0.15) is 0 Å². The first-order chi connectivity index (χ1) is 7.74. The molecule has 0 aliphatic heterocycles. The average molecular weight is 246 g/mol. The highest BCUT2D eigenvalue weighted by Gasteiger charge is 2.49. The first kappa shape index (κ1) is 14.2. The third kappa shape index (κ3) is 2.86. The molecule has 0 saturated heterocycles. The van der Waals surface area contributed by atoms with Crippen LogP contribution in [-0.4, -0.2) is 30.1 Å². The normalized spacial score (nSPS) is 21.0. The zero-order valence-electron chi connectivity index (χ0n) is 11.1. The van der Waals surface area contributed by atoms with Crippen molar-refractivity contribution in [1.29, 1.82) is 0 Å². The largest absolute Gasteiger partial charge is 0.503 e. The summed E-state index contributed by atoms with van der Waals surface area (Å²) < 4.78 is 16.9. The summed E-state index contributed by atoms with van der Waals surface area (Å²) in [6, 6.07) is 0. The summed E-state index contributed by atoms with van der Waals surface area (Å²) in [5.41, 5.74) is 0.466. The first-order valence-corrected chi connectivity index (χ1v) is 8.19. The van der Waals surface area contributed by atoms with E-state index in [2.05, 4.69) is 6.92 Å². The third-order valence-corrected chi connectivity index (χ3v) is 7.46. The molecule has 0 aromatic heterocycles. The van der Waals surface area contributed by atoms with Gasteiger partial charge in [-0.3, -0.25) is 0 Å². The molecule has 1 rings (SSSR count). The smallest absolute Gasteiger partial charge is 0.377 e. The summed E-state index contributed by atoms with van der Waals surface area (Å²) in [5, 5.41) is 0. The molecule has 1 aliphatic carbocycles. The Morgan fingerprint density at radius 1 is 1.00 bits per heavy atom. The molecule has 3 nitrogen and oxygen atoms in total. The Morgan fingerprint density at radius 3 is 1.88 bits per heavy atom. The minimum absolute atomic E-state index is 0.466. The van der Waals surface area contributed by atoms with Crippen molar-refractivity contribution < 1.29 is 13.3 Å². The predicted molar refractivity (Wildman–Crippen MR) is 67.4 cm³/mol. The van der Waals surface area contributed by atoms with Gasteiger partial charge in [0.15, 0.2) is 0 Å². The number of hydrogen-bond donors (Lipinski definition) is 0. The molecule has 1 aliphatic rings. The zero-order chi connectivity index (χ0) is 12.0. The standard InChI is InChI=1S/C12H26O3Si/c1-5-12(11-9-7-6-8-10-11)16(13-2,14-3)15-4/h11-12H,5-10H2,1-4H3. The summed E-state index contributed by atoms with van der Waals surface area (Å²) in [6.07, 6.45) is 7.79. The molecule has 0 spiro atoms. The van der Waals surface area contributed by atoms with E-state index in [0.717, 1.165) is 12.3 Å². The summed E-state index contributed by atoms with van der Waals surface area (Å²) >= 11 is 0. The molecule has 0 bridgehead atoms. The van der Waals surface area contributed by atoms with Crippen LogP contribution in [0.3, 0.4) is 0 Å². The molecule has 1 fully saturated rings. The van der Waals surface area contributed by atoms with Crippen molar-refractivity contribution in [3.8, 4) is 0 Å². The Balaban J connectivity index is 2.76. The van der Waals surface area contributed by atoms with Crippen LogP contribution in [0, 0.1) is 5.92 Å². The second kappa shape index (κ2) is 6.74. The SMILES string of the molecule is CCC(C1CCCCC1)[Si](OC)(OC)OC. The number of hydrogen-bond acceptors (Lipinski definition) is 3. The Hall–Kier alpha value is 0.0969. The van der Waals surface area contributed by atoms with Gasteiger partial charge in [0.2, 0.25) is 0 Å². The maximum Gasteiger partial charge on any atom is 0.503 e. The minimum Gasteiger partial charge on any atom is -0.377 e. The van der Waals surface area contributed by atoms with Gasteiger partial charge in [-0.25, -0.2) is 0 Å². The molecular weight excluding hydrogens is 220 g/mol. The van der Waals surface area contributed by atoms with Crippen molar-refractivity contribution in [3.63, 3.8) is 0 Å². The zero-order valence-corrected chi connectivity index (χ0v) is 12.1. The van der Waals surface area contributed by atoms with Gasteiger partial charge in [0.05, 0.1) is 0 Å². The van der Waals surface area contributed by atoms with Crippen molar-refractivity contribution in [2.24, 2.45) is 5.92 Å². The topological polar surface area (TPSA) is 27.7 Å². The van der Waals surface area contributed by atoms with Crippen molar-refractivity contribution in [2.75, 3.05) is 21.3 Å². The molecule has 1 saturated carbocycles. The van der Waals surface area contributed by atoms with Gasteiger partial charge in [-0.05, 0) is 12.3 Å². The van der Waals surface area contributed by atoms with Crippen LogP contribution in [0.15, 0.2) is 0 Å². The van der Waals surface area contributed by atoms with E-state index >= 15 is 0 Å². The van der Waals surface area contributed by atoms with E-state index < -0.39 is 8.80 Å². The average Bonchev–Trinajstić information content (AvgIpc) is 2.37. The van der Waals surface area contributed by atoms with Gasteiger partial charge in [0.1, 0.15) is 0 Å². The molecule has 0 amide bonds. The number of rotatable bonds is 6. The Morgan fingerprint density at radius 2 is 1.50 bits per heavy atom. The van der Waals surface area contributed by atoms with E-state index in [0.29, 0.717) is 5.54 Å². The molecule has 0 N–H and O–H groups in total. The molecule has 0 aromatic rings. The molecule has 0 aromatic carbocycles. The van der Waals surface area contributed by atoms with Crippen molar-refractivity contribution >= 4 is 8.80 Å². The van der Waals surface area contributed by atoms with Gasteiger partial charge in [0, 0.05) is 26.9 Å². The van der Waals surface area contributed by atoms with E-state index in [1.54, 1.807) is 21.3 Å². The Labute approximate surface area is 101 Å². The summed E-state index contributed by atoms with van der Waals surface area (Å²) in [6.45, 7) is 2.22. The van der Waals surface area contributed by atoms with Crippen LogP contribution in [-0.2, 0) is 13.3 Å². The van der Waals surface area contributed by atoms with Crippen molar-refractivity contribution in [3.05, 3.63) is 0 Å². The van der Waals surface area contributed by atoms with Gasteiger partial charge >= 0.3 is 8.80 Å². The van der Waals surface area contributed by atoms with Gasteiger partial charge in [0.25, 0.3) is 0 Å². The molecular formula is C12H26O3Si. The fraction of sp³-hybridized carbons (Fsp3) is 1.00. The van der Waals surface area contributed by atoms with Crippen LogP contribution in [0.1, 0.15) is 45.4 Å². The van der Waals surface area contributed by atoms with E-state index in [1.165, 1.54) is 32.1 Å². The summed E-state index contributed by atoms with van der Waals surface area (Å²) in [4.78, 5) is 0. The second-order valence-corrected chi connectivity index (χ2v) is 7.80. The lowest BCUT2D eigenvalue weighted by atomic mass is 9.86. The Kier molecular flexibility index (Phi) is 5.96. The molecule has 4 heteroatoms. The van der Waals surface area contributed by atoms with Crippen molar-refractivity contribution in [2.45, 2.75) is 51.0 Å². The van der Waals surface area contributed by atoms with E-state index in [-0.39, 0.29) is 0 Å². The highest BCUT2D eigenvalue weighted by Crippen LogP contribution is 2.42. The van der Waals surface area contributed by atoms with Crippen molar-refractivity contribution in [1.82, 2.24) is 0 Å². The molecule has 16 heavy (non-hydrogen) atoms. The lowest BCUT2D eigenvalue weighted by molar-refractivity contribution is 0.0949. The molecule has 0 radical (unpaired) electrons. The second-order valence-electron chi connectivity index (χ2n) is 4.63. The van der Waals surface area contributed by atoms with E-state index in [1.807, 2.05) is 0 Å². The van der Waals surface area contributed by atoms with Crippen LogP contribution in [0.5, 0.6) is 0 Å².